The number of aromatic hydroxyl groups is 1. The number of para-hydroxylation sites is 1. The van der Waals surface area contributed by atoms with Crippen molar-refractivity contribution in [3.63, 3.8) is 0 Å². The summed E-state index contributed by atoms with van der Waals surface area (Å²) in [4.78, 5) is 16.2. The fraction of sp³-hybridized carbons (Fsp3) is 0. The molecule has 0 fully saturated rings. The molecule has 8 heteroatoms. The monoisotopic (exact) mass is 446 g/mol. The Kier molecular flexibility index (Phi) is 4.65. The van der Waals surface area contributed by atoms with Gasteiger partial charge in [0, 0.05) is 11.3 Å². The summed E-state index contributed by atoms with van der Waals surface area (Å²) >= 11 is 6.64. The number of fused-ring (bicyclic) bond motifs is 1. The summed E-state index contributed by atoms with van der Waals surface area (Å²) in [7, 11) is 0. The van der Waals surface area contributed by atoms with E-state index in [2.05, 4.69) is 4.99 Å². The zero-order chi connectivity index (χ0) is 21.5. The highest BCUT2D eigenvalue weighted by Crippen LogP contribution is 2.30. The van der Waals surface area contributed by atoms with Gasteiger partial charge in [-0.05, 0) is 60.8 Å². The Hall–Kier alpha value is -3.75. The highest BCUT2D eigenvalue weighted by molar-refractivity contribution is 7.73. The van der Waals surface area contributed by atoms with E-state index in [9.17, 15) is 9.90 Å². The Bertz CT molecular complexity index is 1600. The summed E-state index contributed by atoms with van der Waals surface area (Å²) in [5.41, 5.74) is 2.68. The maximum absolute atomic E-state index is 11.1. The second-order valence-corrected chi connectivity index (χ2v) is 8.47. The highest BCUT2D eigenvalue weighted by Gasteiger charge is 2.13. The molecule has 0 amide bonds. The Morgan fingerprint density at radius 2 is 1.87 bits per heavy atom. The van der Waals surface area contributed by atoms with E-state index in [1.165, 1.54) is 28.0 Å². The molecule has 5 rings (SSSR count). The number of benzene rings is 2. The first-order valence-corrected chi connectivity index (χ1v) is 10.5. The second-order valence-electron chi connectivity index (χ2n) is 6.79. The lowest BCUT2D eigenvalue weighted by Crippen LogP contribution is -2.19. The number of carboxylic acid groups (broad SMARTS) is 1. The summed E-state index contributed by atoms with van der Waals surface area (Å²) in [6, 6.07) is 17.6. The van der Waals surface area contributed by atoms with Gasteiger partial charge in [-0.15, -0.1) is 11.3 Å². The van der Waals surface area contributed by atoms with Gasteiger partial charge in [-0.3, -0.25) is 4.57 Å². The van der Waals surface area contributed by atoms with Crippen LogP contribution in [-0.2, 0) is 0 Å². The van der Waals surface area contributed by atoms with Crippen LogP contribution in [0.5, 0.6) is 5.88 Å². The van der Waals surface area contributed by atoms with Crippen molar-refractivity contribution in [2.24, 2.45) is 4.99 Å². The number of aromatic carboxylic acids is 1. The molecule has 152 valence electrons. The van der Waals surface area contributed by atoms with Gasteiger partial charge in [0.25, 0.3) is 0 Å². The minimum absolute atomic E-state index is 0.0341. The first-order chi connectivity index (χ1) is 15.0. The van der Waals surface area contributed by atoms with Crippen LogP contribution in [0.25, 0.3) is 23.5 Å². The first kappa shape index (κ1) is 19.2. The Morgan fingerprint density at radius 3 is 2.61 bits per heavy atom. The topological polar surface area (TPSA) is 88.0 Å². The van der Waals surface area contributed by atoms with Crippen LogP contribution in [-0.4, -0.2) is 20.7 Å². The van der Waals surface area contributed by atoms with E-state index in [0.29, 0.717) is 25.3 Å². The van der Waals surface area contributed by atoms with Crippen molar-refractivity contribution in [1.29, 1.82) is 0 Å². The standard InChI is InChI=1S/C23H14N2O4S2/c26-21-20(31-23(30)25(21)15-7-5-13(6-8-15)22(27)28)12-16-9-10-19(29-16)18-11-14-3-1-2-4-17(14)24-18/h1-12,26H,(H,27,28). The average molecular weight is 447 g/mol. The molecule has 0 saturated carbocycles. The van der Waals surface area contributed by atoms with Crippen molar-refractivity contribution in [3.8, 4) is 11.6 Å². The summed E-state index contributed by atoms with van der Waals surface area (Å²) in [6.45, 7) is 0. The fourth-order valence-corrected chi connectivity index (χ4v) is 4.59. The smallest absolute Gasteiger partial charge is 0.335 e. The molecule has 6 nitrogen and oxygen atoms in total. The van der Waals surface area contributed by atoms with E-state index in [0.717, 1.165) is 16.3 Å². The van der Waals surface area contributed by atoms with Crippen molar-refractivity contribution >= 4 is 47.4 Å². The van der Waals surface area contributed by atoms with Gasteiger partial charge >= 0.3 is 5.97 Å². The normalized spacial score (nSPS) is 14.8. The molecule has 2 N–H and O–H groups in total. The molecule has 1 aliphatic heterocycles. The number of rotatable bonds is 3. The lowest BCUT2D eigenvalue weighted by Gasteiger charge is -2.05. The van der Waals surface area contributed by atoms with Crippen molar-refractivity contribution in [2.75, 3.05) is 0 Å². The Balaban J connectivity index is 1.56. The lowest BCUT2D eigenvalue weighted by atomic mass is 10.2. The summed E-state index contributed by atoms with van der Waals surface area (Å²) < 4.78 is 7.85. The van der Waals surface area contributed by atoms with Gasteiger partial charge in [-0.1, -0.05) is 18.2 Å². The predicted octanol–water partition coefficient (Wildman–Crippen LogP) is 2.32. The third-order valence-electron chi connectivity index (χ3n) is 4.81. The maximum Gasteiger partial charge on any atom is 0.335 e. The van der Waals surface area contributed by atoms with Crippen LogP contribution in [0.1, 0.15) is 15.2 Å². The molecule has 0 unspecified atom stereocenters. The van der Waals surface area contributed by atoms with Crippen molar-refractivity contribution in [1.82, 2.24) is 4.57 Å². The molecule has 0 radical (unpaired) electrons. The molecule has 0 atom stereocenters. The molecule has 1 aliphatic rings. The minimum Gasteiger partial charge on any atom is -0.493 e. The number of hydrogen-bond acceptors (Lipinski definition) is 6. The largest absolute Gasteiger partial charge is 0.493 e. The van der Waals surface area contributed by atoms with E-state index in [1.807, 2.05) is 42.5 Å². The number of carbonyl (C=O) groups is 1. The summed E-state index contributed by atoms with van der Waals surface area (Å²) in [5, 5.41) is 21.7. The number of carboxylic acids is 1. The molecular weight excluding hydrogens is 432 g/mol. The van der Waals surface area contributed by atoms with E-state index in [-0.39, 0.29) is 11.4 Å². The van der Waals surface area contributed by atoms with Gasteiger partial charge in [0.2, 0.25) is 5.88 Å². The van der Waals surface area contributed by atoms with Gasteiger partial charge in [-0.25, -0.2) is 9.79 Å². The molecule has 0 saturated heterocycles. The Labute approximate surface area is 184 Å². The van der Waals surface area contributed by atoms with Crippen molar-refractivity contribution < 1.29 is 19.4 Å². The molecule has 3 heterocycles. The molecule has 2 aromatic carbocycles. The van der Waals surface area contributed by atoms with E-state index in [1.54, 1.807) is 18.2 Å². The van der Waals surface area contributed by atoms with Crippen LogP contribution in [0.2, 0.25) is 0 Å². The minimum atomic E-state index is -1.01. The zero-order valence-electron chi connectivity index (χ0n) is 15.9. The van der Waals surface area contributed by atoms with E-state index >= 15 is 0 Å². The maximum atomic E-state index is 11.1. The van der Waals surface area contributed by atoms with Crippen molar-refractivity contribution in [3.05, 3.63) is 96.5 Å². The SMILES string of the molecule is O=C(O)c1ccc(-n2c(O)c(C=c3ccc(=C4C=c5ccccc5=N4)o3)sc2=S)cc1. The molecule has 31 heavy (non-hydrogen) atoms. The third kappa shape index (κ3) is 3.52. The number of nitrogens with zero attached hydrogens (tertiary/aromatic N) is 2. The van der Waals surface area contributed by atoms with Crippen LogP contribution < -0.4 is 21.4 Å². The molecule has 4 aromatic rings. The molecule has 0 bridgehead atoms. The predicted molar refractivity (Wildman–Crippen MR) is 120 cm³/mol. The van der Waals surface area contributed by atoms with E-state index in [4.69, 9.17) is 21.7 Å². The van der Waals surface area contributed by atoms with Crippen LogP contribution in [0.15, 0.2) is 70.1 Å². The van der Waals surface area contributed by atoms with Crippen LogP contribution in [0.3, 0.4) is 0 Å². The lowest BCUT2D eigenvalue weighted by molar-refractivity contribution is 0.0697. The summed E-state index contributed by atoms with van der Waals surface area (Å²) in [6.07, 6.45) is 3.68. The van der Waals surface area contributed by atoms with Gasteiger partial charge in [0.05, 0.1) is 21.5 Å². The molecule has 2 aromatic heterocycles. The average Bonchev–Trinajstić information content (AvgIpc) is 3.46. The number of furan rings is 1. The van der Waals surface area contributed by atoms with E-state index < -0.39 is 5.97 Å². The Morgan fingerprint density at radius 1 is 1.10 bits per heavy atom. The van der Waals surface area contributed by atoms with Gasteiger partial charge in [0.1, 0.15) is 11.1 Å². The molecular formula is C23H14N2O4S2. The second kappa shape index (κ2) is 7.50. The number of thiazole rings is 1. The van der Waals surface area contributed by atoms with Crippen molar-refractivity contribution in [2.45, 2.75) is 0 Å². The molecule has 0 spiro atoms. The molecule has 0 aliphatic carbocycles. The summed E-state index contributed by atoms with van der Waals surface area (Å²) in [5.74, 6) is -1.05. The number of hydrogen-bond donors (Lipinski definition) is 2. The fourth-order valence-electron chi connectivity index (χ4n) is 3.30. The van der Waals surface area contributed by atoms with Crippen LogP contribution in [0.4, 0.5) is 0 Å². The number of aromatic nitrogens is 1. The van der Waals surface area contributed by atoms with Gasteiger partial charge in [0.15, 0.2) is 9.37 Å². The van der Waals surface area contributed by atoms with Crippen LogP contribution in [0, 0.1) is 3.95 Å². The zero-order valence-corrected chi connectivity index (χ0v) is 17.5. The van der Waals surface area contributed by atoms with Crippen LogP contribution >= 0.6 is 23.6 Å². The van der Waals surface area contributed by atoms with Gasteiger partial charge in [-0.2, -0.15) is 0 Å². The first-order valence-electron chi connectivity index (χ1n) is 9.25. The highest BCUT2D eigenvalue weighted by atomic mass is 32.1. The van der Waals surface area contributed by atoms with Gasteiger partial charge < -0.3 is 14.6 Å². The quantitative estimate of drug-likeness (QED) is 0.472. The third-order valence-corrected chi connectivity index (χ3v) is 6.12.